The summed E-state index contributed by atoms with van der Waals surface area (Å²) in [5.41, 5.74) is 0. The van der Waals surface area contributed by atoms with E-state index in [1.807, 2.05) is 0 Å². The quantitative estimate of drug-likeness (QED) is 0.595. The third-order valence-corrected chi connectivity index (χ3v) is 3.07. The summed E-state index contributed by atoms with van der Waals surface area (Å²) in [6.07, 6.45) is 1.66. The molecule has 2 rings (SSSR count). The average molecular weight is 239 g/mol. The predicted octanol–water partition coefficient (Wildman–Crippen LogP) is 0.0850. The summed E-state index contributed by atoms with van der Waals surface area (Å²) in [6, 6.07) is 1.94. The number of rotatable bonds is 4. The summed E-state index contributed by atoms with van der Waals surface area (Å²) in [5, 5.41) is 17.7. The molecule has 1 saturated heterocycles. The van der Waals surface area contributed by atoms with Gasteiger partial charge >= 0.3 is 5.82 Å². The first-order chi connectivity index (χ1) is 8.16. The number of hydrogen-bond donors (Lipinski definition) is 1. The zero-order valence-corrected chi connectivity index (χ0v) is 9.87. The van der Waals surface area contributed by atoms with Crippen molar-refractivity contribution in [1.29, 1.82) is 0 Å². The van der Waals surface area contributed by atoms with Gasteiger partial charge in [0.1, 0.15) is 0 Å². The Bertz CT molecular complexity index is 392. The van der Waals surface area contributed by atoms with Crippen LogP contribution in [-0.2, 0) is 6.54 Å². The van der Waals surface area contributed by atoms with Gasteiger partial charge in [-0.2, -0.15) is 4.68 Å². The zero-order valence-electron chi connectivity index (χ0n) is 9.87. The van der Waals surface area contributed by atoms with Gasteiger partial charge in [0.05, 0.1) is 23.9 Å². The molecule has 0 aliphatic carbocycles. The molecule has 1 atom stereocenters. The molecule has 0 spiro atoms. The van der Waals surface area contributed by atoms with E-state index in [2.05, 4.69) is 22.2 Å². The van der Waals surface area contributed by atoms with E-state index in [1.165, 1.54) is 6.07 Å². The maximum atomic E-state index is 10.5. The molecule has 0 unspecified atom stereocenters. The second-order valence-electron chi connectivity index (χ2n) is 4.28. The number of piperazine rings is 1. The van der Waals surface area contributed by atoms with Gasteiger partial charge in [-0.3, -0.25) is 4.90 Å². The normalized spacial score (nSPS) is 21.6. The summed E-state index contributed by atoms with van der Waals surface area (Å²) in [7, 11) is 0. The maximum Gasteiger partial charge on any atom is 0.389 e. The molecule has 0 aromatic carbocycles. The first kappa shape index (κ1) is 12.0. The van der Waals surface area contributed by atoms with Gasteiger partial charge in [0.15, 0.2) is 0 Å². The van der Waals surface area contributed by atoms with Crippen molar-refractivity contribution < 1.29 is 4.92 Å². The molecule has 1 aromatic heterocycles. The fourth-order valence-corrected chi connectivity index (χ4v) is 2.02. The van der Waals surface area contributed by atoms with Crippen LogP contribution < -0.4 is 5.32 Å². The Labute approximate surface area is 99.6 Å². The minimum atomic E-state index is -0.468. The van der Waals surface area contributed by atoms with Crippen LogP contribution in [0.5, 0.6) is 0 Å². The molecule has 94 valence electrons. The van der Waals surface area contributed by atoms with Crippen molar-refractivity contribution in [2.75, 3.05) is 26.2 Å². The van der Waals surface area contributed by atoms with E-state index in [-0.39, 0.29) is 5.82 Å². The van der Waals surface area contributed by atoms with Crippen LogP contribution in [0.3, 0.4) is 0 Å². The molecule has 7 nitrogen and oxygen atoms in total. The number of nitrogens with one attached hydrogen (secondary N) is 1. The number of aromatic nitrogens is 2. The van der Waals surface area contributed by atoms with Crippen molar-refractivity contribution >= 4 is 5.82 Å². The maximum absolute atomic E-state index is 10.5. The largest absolute Gasteiger partial charge is 0.389 e. The Hall–Kier alpha value is -1.47. The van der Waals surface area contributed by atoms with E-state index in [4.69, 9.17) is 0 Å². The van der Waals surface area contributed by atoms with Gasteiger partial charge < -0.3 is 15.4 Å². The Morgan fingerprint density at radius 3 is 3.12 bits per heavy atom. The van der Waals surface area contributed by atoms with Gasteiger partial charge in [0.25, 0.3) is 0 Å². The Morgan fingerprint density at radius 1 is 1.65 bits per heavy atom. The molecule has 0 amide bonds. The standard InChI is InChI=1S/C10H17N5O2/c1-9-8-11-3-5-13(9)6-7-14-4-2-10(12-14)15(16)17/h2,4,9,11H,3,5-8H2,1H3/t9-/m1/s1. The first-order valence-corrected chi connectivity index (χ1v) is 5.79. The molecule has 2 heterocycles. The Kier molecular flexibility index (Phi) is 3.70. The number of hydrogen-bond acceptors (Lipinski definition) is 5. The molecule has 0 radical (unpaired) electrons. The third-order valence-electron chi connectivity index (χ3n) is 3.07. The molecule has 1 aromatic rings. The smallest absolute Gasteiger partial charge is 0.358 e. The van der Waals surface area contributed by atoms with Gasteiger partial charge in [0, 0.05) is 32.2 Å². The summed E-state index contributed by atoms with van der Waals surface area (Å²) in [5.74, 6) is -0.0849. The highest BCUT2D eigenvalue weighted by molar-refractivity contribution is 5.13. The molecular formula is C10H17N5O2. The fraction of sp³-hybridized carbons (Fsp3) is 0.700. The molecule has 1 aliphatic heterocycles. The molecule has 1 N–H and O–H groups in total. The monoisotopic (exact) mass is 239 g/mol. The van der Waals surface area contributed by atoms with E-state index in [1.54, 1.807) is 10.9 Å². The SMILES string of the molecule is C[C@@H]1CNCCN1CCn1ccc([N+](=O)[O-])n1. The molecule has 1 aliphatic rings. The summed E-state index contributed by atoms with van der Waals surface area (Å²) in [6.45, 7) is 6.77. The summed E-state index contributed by atoms with van der Waals surface area (Å²) in [4.78, 5) is 12.4. The molecule has 7 heteroatoms. The van der Waals surface area contributed by atoms with E-state index in [0.29, 0.717) is 12.6 Å². The minimum Gasteiger partial charge on any atom is -0.358 e. The fourth-order valence-electron chi connectivity index (χ4n) is 2.02. The van der Waals surface area contributed by atoms with E-state index in [9.17, 15) is 10.1 Å². The number of nitro groups is 1. The van der Waals surface area contributed by atoms with Crippen LogP contribution in [0.2, 0.25) is 0 Å². The summed E-state index contributed by atoms with van der Waals surface area (Å²) < 4.78 is 1.63. The average Bonchev–Trinajstić information content (AvgIpc) is 2.77. The highest BCUT2D eigenvalue weighted by atomic mass is 16.6. The van der Waals surface area contributed by atoms with Gasteiger partial charge in [0.2, 0.25) is 0 Å². The molecule has 0 saturated carbocycles. The van der Waals surface area contributed by atoms with Crippen LogP contribution in [0.1, 0.15) is 6.92 Å². The van der Waals surface area contributed by atoms with Crippen molar-refractivity contribution in [3.05, 3.63) is 22.4 Å². The van der Waals surface area contributed by atoms with Crippen molar-refractivity contribution in [2.24, 2.45) is 0 Å². The van der Waals surface area contributed by atoms with Crippen LogP contribution in [0.15, 0.2) is 12.3 Å². The number of nitrogens with zero attached hydrogens (tertiary/aromatic N) is 4. The van der Waals surface area contributed by atoms with Crippen molar-refractivity contribution in [3.8, 4) is 0 Å². The first-order valence-electron chi connectivity index (χ1n) is 5.79. The second kappa shape index (κ2) is 5.24. The van der Waals surface area contributed by atoms with Gasteiger partial charge in [-0.25, -0.2) is 0 Å². The highest BCUT2D eigenvalue weighted by Gasteiger charge is 2.18. The second-order valence-corrected chi connectivity index (χ2v) is 4.28. The minimum absolute atomic E-state index is 0.0849. The molecule has 0 bridgehead atoms. The van der Waals surface area contributed by atoms with Crippen molar-refractivity contribution in [1.82, 2.24) is 20.0 Å². The van der Waals surface area contributed by atoms with Crippen LogP contribution in [-0.4, -0.2) is 51.8 Å². The van der Waals surface area contributed by atoms with Crippen LogP contribution in [0.25, 0.3) is 0 Å². The van der Waals surface area contributed by atoms with Gasteiger partial charge in [-0.1, -0.05) is 0 Å². The van der Waals surface area contributed by atoms with Crippen LogP contribution in [0, 0.1) is 10.1 Å². The van der Waals surface area contributed by atoms with Crippen molar-refractivity contribution in [2.45, 2.75) is 19.5 Å². The topological polar surface area (TPSA) is 76.2 Å². The zero-order chi connectivity index (χ0) is 12.3. The molecule has 17 heavy (non-hydrogen) atoms. The lowest BCUT2D eigenvalue weighted by molar-refractivity contribution is -0.389. The van der Waals surface area contributed by atoms with Crippen molar-refractivity contribution in [3.63, 3.8) is 0 Å². The lowest BCUT2D eigenvalue weighted by Gasteiger charge is -2.33. The lowest BCUT2D eigenvalue weighted by Crippen LogP contribution is -2.50. The third kappa shape index (κ3) is 3.01. The van der Waals surface area contributed by atoms with Gasteiger partial charge in [-0.05, 0) is 11.8 Å². The van der Waals surface area contributed by atoms with E-state index in [0.717, 1.165) is 26.2 Å². The Morgan fingerprint density at radius 2 is 2.47 bits per heavy atom. The van der Waals surface area contributed by atoms with Crippen LogP contribution >= 0.6 is 0 Å². The van der Waals surface area contributed by atoms with Crippen LogP contribution in [0.4, 0.5) is 5.82 Å². The Balaban J connectivity index is 1.86. The summed E-state index contributed by atoms with van der Waals surface area (Å²) >= 11 is 0. The lowest BCUT2D eigenvalue weighted by atomic mass is 10.2. The molecular weight excluding hydrogens is 222 g/mol. The van der Waals surface area contributed by atoms with E-state index < -0.39 is 4.92 Å². The van der Waals surface area contributed by atoms with Gasteiger partial charge in [-0.15, -0.1) is 0 Å². The van der Waals surface area contributed by atoms with E-state index >= 15 is 0 Å². The highest BCUT2D eigenvalue weighted by Crippen LogP contribution is 2.06. The molecule has 1 fully saturated rings. The predicted molar refractivity (Wildman–Crippen MR) is 62.8 cm³/mol.